The van der Waals surface area contributed by atoms with E-state index >= 15 is 0 Å². The zero-order chi connectivity index (χ0) is 13.1. The predicted octanol–water partition coefficient (Wildman–Crippen LogP) is 5.49. The highest BCUT2D eigenvalue weighted by Crippen LogP contribution is 2.11. The lowest BCUT2D eigenvalue weighted by Crippen LogP contribution is -2.00. The SMILES string of the molecule is CC(C)CCCCCCCCNc1ccccc1. The highest BCUT2D eigenvalue weighted by molar-refractivity contribution is 5.42. The fraction of sp³-hybridized carbons (Fsp3) is 0.647. The molecule has 0 fully saturated rings. The molecule has 0 unspecified atom stereocenters. The molecule has 0 aliphatic rings. The third-order valence-electron chi connectivity index (χ3n) is 3.31. The van der Waals surface area contributed by atoms with Crippen molar-refractivity contribution in [3.05, 3.63) is 30.3 Å². The van der Waals surface area contributed by atoms with Gasteiger partial charge in [-0.05, 0) is 24.5 Å². The monoisotopic (exact) mass is 247 g/mol. The molecule has 18 heavy (non-hydrogen) atoms. The van der Waals surface area contributed by atoms with Crippen LogP contribution in [0.1, 0.15) is 58.8 Å². The van der Waals surface area contributed by atoms with E-state index in [1.54, 1.807) is 0 Å². The number of benzene rings is 1. The Hall–Kier alpha value is -0.980. The fourth-order valence-electron chi connectivity index (χ4n) is 2.17. The molecule has 0 saturated heterocycles. The maximum Gasteiger partial charge on any atom is 0.0340 e. The zero-order valence-electron chi connectivity index (χ0n) is 12.1. The predicted molar refractivity (Wildman–Crippen MR) is 82.1 cm³/mol. The van der Waals surface area contributed by atoms with Crippen LogP contribution in [0.25, 0.3) is 0 Å². The Morgan fingerprint density at radius 2 is 1.44 bits per heavy atom. The van der Waals surface area contributed by atoms with E-state index in [1.807, 2.05) is 0 Å². The molecule has 1 heteroatoms. The summed E-state index contributed by atoms with van der Waals surface area (Å²) in [7, 11) is 0. The van der Waals surface area contributed by atoms with Gasteiger partial charge in [0.05, 0.1) is 0 Å². The Morgan fingerprint density at radius 1 is 0.833 bits per heavy atom. The standard InChI is InChI=1S/C17H29N/c1-16(2)12-8-5-3-4-6-11-15-18-17-13-9-7-10-14-17/h7,9-10,13-14,16,18H,3-6,8,11-12,15H2,1-2H3. The van der Waals surface area contributed by atoms with Gasteiger partial charge in [0.1, 0.15) is 0 Å². The van der Waals surface area contributed by atoms with Crippen molar-refractivity contribution < 1.29 is 0 Å². The van der Waals surface area contributed by atoms with Gasteiger partial charge >= 0.3 is 0 Å². The third kappa shape index (κ3) is 8.16. The van der Waals surface area contributed by atoms with Crippen molar-refractivity contribution in [2.24, 2.45) is 5.92 Å². The lowest BCUT2D eigenvalue weighted by molar-refractivity contribution is 0.513. The summed E-state index contributed by atoms with van der Waals surface area (Å²) in [6.45, 7) is 5.74. The van der Waals surface area contributed by atoms with Crippen LogP contribution in [-0.4, -0.2) is 6.54 Å². The summed E-state index contributed by atoms with van der Waals surface area (Å²) in [6, 6.07) is 10.5. The van der Waals surface area contributed by atoms with E-state index in [0.29, 0.717) is 0 Å². The molecule has 1 aromatic rings. The van der Waals surface area contributed by atoms with Crippen molar-refractivity contribution in [3.63, 3.8) is 0 Å². The molecule has 0 spiro atoms. The lowest BCUT2D eigenvalue weighted by Gasteiger charge is -2.06. The summed E-state index contributed by atoms with van der Waals surface area (Å²) >= 11 is 0. The molecule has 0 radical (unpaired) electrons. The molecule has 0 heterocycles. The first-order valence-electron chi connectivity index (χ1n) is 7.58. The van der Waals surface area contributed by atoms with E-state index in [0.717, 1.165) is 12.5 Å². The molecule has 1 nitrogen and oxygen atoms in total. The van der Waals surface area contributed by atoms with Crippen molar-refractivity contribution in [3.8, 4) is 0 Å². The van der Waals surface area contributed by atoms with Gasteiger partial charge in [-0.2, -0.15) is 0 Å². The first-order chi connectivity index (χ1) is 8.79. The first-order valence-corrected chi connectivity index (χ1v) is 7.58. The highest BCUT2D eigenvalue weighted by atomic mass is 14.9. The Morgan fingerprint density at radius 3 is 2.11 bits per heavy atom. The van der Waals surface area contributed by atoms with Crippen molar-refractivity contribution in [2.75, 3.05) is 11.9 Å². The quantitative estimate of drug-likeness (QED) is 0.539. The van der Waals surface area contributed by atoms with Gasteiger partial charge in [-0.25, -0.2) is 0 Å². The average molecular weight is 247 g/mol. The lowest BCUT2D eigenvalue weighted by atomic mass is 10.0. The Kier molecular flexibility index (Phi) is 8.37. The summed E-state index contributed by atoms with van der Waals surface area (Å²) < 4.78 is 0. The van der Waals surface area contributed by atoms with Gasteiger partial charge in [0, 0.05) is 12.2 Å². The van der Waals surface area contributed by atoms with Crippen LogP contribution in [0.4, 0.5) is 5.69 Å². The molecule has 0 amide bonds. The fourth-order valence-corrected chi connectivity index (χ4v) is 2.17. The Balaban J connectivity index is 1.84. The molecular weight excluding hydrogens is 218 g/mol. The number of para-hydroxylation sites is 1. The summed E-state index contributed by atoms with van der Waals surface area (Å²) in [5.41, 5.74) is 1.24. The molecule has 0 atom stereocenters. The van der Waals surface area contributed by atoms with E-state index in [2.05, 4.69) is 49.5 Å². The molecule has 0 aliphatic carbocycles. The van der Waals surface area contributed by atoms with E-state index < -0.39 is 0 Å². The number of anilines is 1. The molecule has 0 saturated carbocycles. The van der Waals surface area contributed by atoms with Crippen LogP contribution < -0.4 is 5.32 Å². The Bertz CT molecular complexity index is 279. The molecule has 1 rings (SSSR count). The number of hydrogen-bond acceptors (Lipinski definition) is 1. The van der Waals surface area contributed by atoms with E-state index in [1.165, 1.54) is 50.6 Å². The van der Waals surface area contributed by atoms with E-state index in [4.69, 9.17) is 0 Å². The van der Waals surface area contributed by atoms with Gasteiger partial charge in [-0.3, -0.25) is 0 Å². The number of rotatable bonds is 10. The second-order valence-corrected chi connectivity index (χ2v) is 5.60. The van der Waals surface area contributed by atoms with E-state index in [-0.39, 0.29) is 0 Å². The summed E-state index contributed by atoms with van der Waals surface area (Å²) in [4.78, 5) is 0. The highest BCUT2D eigenvalue weighted by Gasteiger charge is 1.95. The molecule has 1 N–H and O–H groups in total. The van der Waals surface area contributed by atoms with Gasteiger partial charge in [-0.15, -0.1) is 0 Å². The van der Waals surface area contributed by atoms with Gasteiger partial charge in [-0.1, -0.05) is 70.6 Å². The van der Waals surface area contributed by atoms with Crippen LogP contribution in [0.3, 0.4) is 0 Å². The summed E-state index contributed by atoms with van der Waals surface area (Å²) in [5, 5.41) is 3.46. The van der Waals surface area contributed by atoms with Crippen molar-refractivity contribution >= 4 is 5.69 Å². The molecule has 0 bridgehead atoms. The van der Waals surface area contributed by atoms with Crippen molar-refractivity contribution in [1.82, 2.24) is 0 Å². The third-order valence-corrected chi connectivity index (χ3v) is 3.31. The largest absolute Gasteiger partial charge is 0.385 e. The second kappa shape index (κ2) is 9.99. The van der Waals surface area contributed by atoms with Gasteiger partial charge < -0.3 is 5.32 Å². The molecular formula is C17H29N. The molecule has 0 aliphatic heterocycles. The first kappa shape index (κ1) is 15.1. The summed E-state index contributed by atoms with van der Waals surface area (Å²) in [6.07, 6.45) is 9.70. The topological polar surface area (TPSA) is 12.0 Å². The minimum absolute atomic E-state index is 0.875. The van der Waals surface area contributed by atoms with Crippen LogP contribution >= 0.6 is 0 Å². The van der Waals surface area contributed by atoms with Crippen LogP contribution in [0.15, 0.2) is 30.3 Å². The van der Waals surface area contributed by atoms with Crippen molar-refractivity contribution in [1.29, 1.82) is 0 Å². The maximum atomic E-state index is 3.46. The van der Waals surface area contributed by atoms with Crippen molar-refractivity contribution in [2.45, 2.75) is 58.8 Å². The number of hydrogen-bond donors (Lipinski definition) is 1. The van der Waals surface area contributed by atoms with Crippen LogP contribution in [-0.2, 0) is 0 Å². The summed E-state index contributed by atoms with van der Waals surface area (Å²) in [5.74, 6) is 0.875. The van der Waals surface area contributed by atoms with Crippen LogP contribution in [0.5, 0.6) is 0 Å². The van der Waals surface area contributed by atoms with Crippen LogP contribution in [0.2, 0.25) is 0 Å². The maximum absolute atomic E-state index is 3.46. The minimum Gasteiger partial charge on any atom is -0.385 e. The normalized spacial score (nSPS) is 10.8. The number of nitrogens with one attached hydrogen (secondary N) is 1. The van der Waals surface area contributed by atoms with Gasteiger partial charge in [0.2, 0.25) is 0 Å². The Labute approximate surface area is 113 Å². The van der Waals surface area contributed by atoms with Crippen LogP contribution in [0, 0.1) is 5.92 Å². The van der Waals surface area contributed by atoms with Gasteiger partial charge in [0.25, 0.3) is 0 Å². The average Bonchev–Trinajstić information content (AvgIpc) is 2.37. The smallest absolute Gasteiger partial charge is 0.0340 e. The second-order valence-electron chi connectivity index (χ2n) is 5.60. The van der Waals surface area contributed by atoms with E-state index in [9.17, 15) is 0 Å². The molecule has 1 aromatic carbocycles. The molecule has 0 aromatic heterocycles. The molecule has 102 valence electrons. The number of unbranched alkanes of at least 4 members (excludes halogenated alkanes) is 5. The zero-order valence-corrected chi connectivity index (χ0v) is 12.1. The van der Waals surface area contributed by atoms with Gasteiger partial charge in [0.15, 0.2) is 0 Å². The minimum atomic E-state index is 0.875.